The smallest absolute Gasteiger partial charge is 0.251 e. The largest absolute Gasteiger partial charge is 0.454 e. The number of ether oxygens (including phenoxy) is 2. The van der Waals surface area contributed by atoms with Gasteiger partial charge in [-0.1, -0.05) is 33.3 Å². The molecule has 1 atom stereocenters. The summed E-state index contributed by atoms with van der Waals surface area (Å²) in [5.41, 5.74) is 8.24. The summed E-state index contributed by atoms with van der Waals surface area (Å²) in [6.07, 6.45) is 7.03. The normalized spacial score (nSPS) is 17.6. The summed E-state index contributed by atoms with van der Waals surface area (Å²) in [6.45, 7) is 7.03. The second kappa shape index (κ2) is 8.38. The van der Waals surface area contributed by atoms with Crippen LogP contribution in [0.3, 0.4) is 0 Å². The van der Waals surface area contributed by atoms with Crippen molar-refractivity contribution in [1.82, 2.24) is 0 Å². The minimum absolute atomic E-state index is 0.207. The summed E-state index contributed by atoms with van der Waals surface area (Å²) in [7, 11) is 0. The number of benzene rings is 1. The molecule has 164 valence electrons. The van der Waals surface area contributed by atoms with Crippen molar-refractivity contribution in [2.24, 2.45) is 17.1 Å². The third-order valence-corrected chi connectivity index (χ3v) is 7.76. The number of primary amides is 1. The third-order valence-electron chi connectivity index (χ3n) is 6.59. The first-order valence-corrected chi connectivity index (χ1v) is 11.4. The molecule has 0 unspecified atom stereocenters. The van der Waals surface area contributed by atoms with E-state index in [0.29, 0.717) is 28.0 Å². The lowest BCUT2D eigenvalue weighted by Gasteiger charge is -2.36. The number of rotatable bonds is 6. The lowest BCUT2D eigenvalue weighted by Crippen LogP contribution is -2.29. The monoisotopic (exact) mass is 440 g/mol. The minimum atomic E-state index is -0.485. The number of fused-ring (bicyclic) bond motifs is 2. The molecule has 2 heterocycles. The predicted molar refractivity (Wildman–Crippen MR) is 123 cm³/mol. The molecule has 3 N–H and O–H groups in total. The summed E-state index contributed by atoms with van der Waals surface area (Å²) < 4.78 is 10.7. The molecule has 0 fully saturated rings. The number of nitrogens with two attached hydrogens (primary N) is 1. The summed E-state index contributed by atoms with van der Waals surface area (Å²) in [5, 5.41) is 3.42. The molecule has 2 aromatic rings. The average Bonchev–Trinajstić information content (AvgIpc) is 3.35. The fourth-order valence-corrected chi connectivity index (χ4v) is 5.57. The molecular weight excluding hydrogens is 412 g/mol. The van der Waals surface area contributed by atoms with E-state index in [-0.39, 0.29) is 18.1 Å². The Labute approximate surface area is 186 Å². The van der Waals surface area contributed by atoms with Gasteiger partial charge in [0, 0.05) is 11.0 Å². The van der Waals surface area contributed by atoms with Crippen LogP contribution in [0.1, 0.15) is 60.0 Å². The number of carbonyl (C=O) groups is 2. The molecule has 31 heavy (non-hydrogen) atoms. The molecule has 2 aliphatic rings. The highest BCUT2D eigenvalue weighted by Gasteiger charge is 2.34. The van der Waals surface area contributed by atoms with Gasteiger partial charge >= 0.3 is 0 Å². The van der Waals surface area contributed by atoms with E-state index in [9.17, 15) is 9.59 Å². The number of nitrogens with one attached hydrogen (secondary N) is 1. The average molecular weight is 441 g/mol. The van der Waals surface area contributed by atoms with E-state index < -0.39 is 5.91 Å². The number of anilines is 1. The number of hydrogen-bond acceptors (Lipinski definition) is 5. The summed E-state index contributed by atoms with van der Waals surface area (Å²) in [5.74, 6) is 1.12. The van der Waals surface area contributed by atoms with Crippen molar-refractivity contribution in [3.05, 3.63) is 45.8 Å². The first kappa shape index (κ1) is 21.4. The van der Waals surface area contributed by atoms with Gasteiger partial charge in [0.2, 0.25) is 12.7 Å². The highest BCUT2D eigenvalue weighted by molar-refractivity contribution is 7.17. The first-order valence-electron chi connectivity index (χ1n) is 10.6. The molecule has 7 heteroatoms. The van der Waals surface area contributed by atoms with Gasteiger partial charge in [0.05, 0.1) is 5.56 Å². The second-order valence-corrected chi connectivity index (χ2v) is 9.89. The van der Waals surface area contributed by atoms with E-state index in [4.69, 9.17) is 15.2 Å². The van der Waals surface area contributed by atoms with Gasteiger partial charge in [0.25, 0.3) is 5.91 Å². The molecule has 2 amide bonds. The van der Waals surface area contributed by atoms with Crippen molar-refractivity contribution < 1.29 is 19.1 Å². The van der Waals surface area contributed by atoms with Crippen molar-refractivity contribution in [2.75, 3.05) is 12.1 Å². The van der Waals surface area contributed by atoms with Crippen LogP contribution in [-0.4, -0.2) is 18.6 Å². The molecule has 4 rings (SSSR count). The van der Waals surface area contributed by atoms with Crippen LogP contribution in [0.25, 0.3) is 6.08 Å². The Morgan fingerprint density at radius 1 is 1.29 bits per heavy atom. The van der Waals surface area contributed by atoms with Crippen molar-refractivity contribution in [3.63, 3.8) is 0 Å². The van der Waals surface area contributed by atoms with E-state index in [1.807, 2.05) is 18.2 Å². The highest BCUT2D eigenvalue weighted by atomic mass is 32.1. The van der Waals surface area contributed by atoms with E-state index in [1.165, 1.54) is 22.3 Å². The molecular formula is C24H28N2O4S. The number of hydrogen-bond donors (Lipinski definition) is 2. The lowest BCUT2D eigenvalue weighted by atomic mass is 9.69. The fraction of sp³-hybridized carbons (Fsp3) is 0.417. The Hall–Kier alpha value is -2.80. The van der Waals surface area contributed by atoms with Gasteiger partial charge in [-0.05, 0) is 59.9 Å². The zero-order chi connectivity index (χ0) is 22.2. The molecule has 0 saturated carbocycles. The van der Waals surface area contributed by atoms with Crippen LogP contribution in [-0.2, 0) is 17.6 Å². The maximum atomic E-state index is 12.6. The van der Waals surface area contributed by atoms with Crippen LogP contribution < -0.4 is 20.5 Å². The summed E-state index contributed by atoms with van der Waals surface area (Å²) in [6, 6.07) is 5.48. The number of thiophene rings is 1. The van der Waals surface area contributed by atoms with Gasteiger partial charge in [-0.25, -0.2) is 0 Å². The minimum Gasteiger partial charge on any atom is -0.454 e. The van der Waals surface area contributed by atoms with E-state index in [2.05, 4.69) is 26.1 Å². The van der Waals surface area contributed by atoms with Gasteiger partial charge in [-0.15, -0.1) is 11.3 Å². The molecule has 1 aromatic heterocycles. The van der Waals surface area contributed by atoms with E-state index in [0.717, 1.165) is 36.8 Å². The van der Waals surface area contributed by atoms with Crippen LogP contribution in [0, 0.1) is 11.3 Å². The van der Waals surface area contributed by atoms with E-state index in [1.54, 1.807) is 6.08 Å². The maximum Gasteiger partial charge on any atom is 0.251 e. The maximum absolute atomic E-state index is 12.6. The second-order valence-electron chi connectivity index (χ2n) is 8.79. The van der Waals surface area contributed by atoms with Crippen LogP contribution >= 0.6 is 11.3 Å². The summed E-state index contributed by atoms with van der Waals surface area (Å²) in [4.78, 5) is 25.9. The Morgan fingerprint density at radius 2 is 2.06 bits per heavy atom. The van der Waals surface area contributed by atoms with Crippen molar-refractivity contribution in [2.45, 2.75) is 46.5 Å². The molecule has 0 spiro atoms. The highest BCUT2D eigenvalue weighted by Crippen LogP contribution is 2.45. The molecule has 0 radical (unpaired) electrons. The molecule has 0 bridgehead atoms. The predicted octanol–water partition coefficient (Wildman–Crippen LogP) is 4.77. The molecule has 1 aliphatic heterocycles. The third kappa shape index (κ3) is 4.32. The quantitative estimate of drug-likeness (QED) is 0.633. The van der Waals surface area contributed by atoms with Crippen molar-refractivity contribution in [3.8, 4) is 11.5 Å². The van der Waals surface area contributed by atoms with Crippen LogP contribution in [0.15, 0.2) is 24.3 Å². The standard InChI is InChI=1S/C24H28N2O4S/c1-4-24(2,3)15-7-8-16-19(12-15)31-23(21(16)22(25)28)26-20(27)10-6-14-5-9-17-18(11-14)30-13-29-17/h5-6,9-11,15H,4,7-8,12-13H2,1-3H3,(H2,25,28)(H,26,27)/b10-6-/t15-/m0/s1. The fourth-order valence-electron chi connectivity index (χ4n) is 4.23. The Kier molecular flexibility index (Phi) is 5.79. The zero-order valence-corrected chi connectivity index (χ0v) is 18.9. The Balaban J connectivity index is 1.52. The van der Waals surface area contributed by atoms with Crippen molar-refractivity contribution >= 4 is 34.2 Å². The van der Waals surface area contributed by atoms with Crippen molar-refractivity contribution in [1.29, 1.82) is 0 Å². The molecule has 6 nitrogen and oxygen atoms in total. The Bertz CT molecular complexity index is 1050. The van der Waals surface area contributed by atoms with Crippen LogP contribution in [0.5, 0.6) is 11.5 Å². The van der Waals surface area contributed by atoms with Gasteiger partial charge in [-0.2, -0.15) is 0 Å². The SMILES string of the molecule is CCC(C)(C)[C@H]1CCc2c(sc(NC(=O)/C=C\c3ccc4c(c3)OCO4)c2C(N)=O)C1. The Morgan fingerprint density at radius 3 is 2.81 bits per heavy atom. The molecule has 0 saturated heterocycles. The lowest BCUT2D eigenvalue weighted by molar-refractivity contribution is -0.111. The molecule has 1 aliphatic carbocycles. The topological polar surface area (TPSA) is 90.7 Å². The summed E-state index contributed by atoms with van der Waals surface area (Å²) >= 11 is 1.48. The van der Waals surface area contributed by atoms with Gasteiger partial charge in [0.15, 0.2) is 11.5 Å². The van der Waals surface area contributed by atoms with E-state index >= 15 is 0 Å². The number of carbonyl (C=O) groups excluding carboxylic acids is 2. The van der Waals surface area contributed by atoms with Crippen LogP contribution in [0.2, 0.25) is 0 Å². The van der Waals surface area contributed by atoms with Gasteiger partial charge in [-0.3, -0.25) is 9.59 Å². The zero-order valence-electron chi connectivity index (χ0n) is 18.1. The van der Waals surface area contributed by atoms with Crippen LogP contribution in [0.4, 0.5) is 5.00 Å². The number of amides is 2. The first-order chi connectivity index (χ1) is 14.8. The molecule has 1 aromatic carbocycles. The van der Waals surface area contributed by atoms with Gasteiger partial charge < -0.3 is 20.5 Å². The van der Waals surface area contributed by atoms with Gasteiger partial charge in [0.1, 0.15) is 5.00 Å².